The smallest absolute Gasteiger partial charge is 0.265 e. The second-order valence-corrected chi connectivity index (χ2v) is 7.29. The van der Waals surface area contributed by atoms with Crippen molar-refractivity contribution in [2.24, 2.45) is 0 Å². The van der Waals surface area contributed by atoms with Crippen molar-refractivity contribution >= 4 is 11.6 Å². The van der Waals surface area contributed by atoms with Gasteiger partial charge in [-0.25, -0.2) is 0 Å². The fourth-order valence-corrected chi connectivity index (χ4v) is 3.58. The van der Waals surface area contributed by atoms with Gasteiger partial charge in [0.2, 0.25) is 0 Å². The highest BCUT2D eigenvalue weighted by Crippen LogP contribution is 2.30. The van der Waals surface area contributed by atoms with Crippen molar-refractivity contribution in [1.29, 1.82) is 0 Å². The van der Waals surface area contributed by atoms with Crippen LogP contribution in [0, 0.1) is 0 Å². The third-order valence-corrected chi connectivity index (χ3v) is 5.13. The molecule has 29 heavy (non-hydrogen) atoms. The lowest BCUT2D eigenvalue weighted by Gasteiger charge is -2.22. The van der Waals surface area contributed by atoms with E-state index in [4.69, 9.17) is 9.47 Å². The number of amides is 1. The first kappa shape index (κ1) is 19.1. The van der Waals surface area contributed by atoms with Crippen LogP contribution in [-0.4, -0.2) is 12.0 Å². The summed E-state index contributed by atoms with van der Waals surface area (Å²) in [6, 6.07) is 23.0. The summed E-state index contributed by atoms with van der Waals surface area (Å²) in [4.78, 5) is 12.6. The molecule has 1 atom stereocenters. The number of hydrogen-bond acceptors (Lipinski definition) is 3. The maximum atomic E-state index is 12.6. The van der Waals surface area contributed by atoms with Gasteiger partial charge in [-0.2, -0.15) is 0 Å². The highest BCUT2D eigenvalue weighted by atomic mass is 16.5. The maximum Gasteiger partial charge on any atom is 0.265 e. The Morgan fingerprint density at radius 3 is 2.38 bits per heavy atom. The molecule has 148 valence electrons. The molecule has 4 rings (SSSR count). The van der Waals surface area contributed by atoms with Crippen molar-refractivity contribution in [2.45, 2.75) is 38.7 Å². The molecule has 4 nitrogen and oxygen atoms in total. The summed E-state index contributed by atoms with van der Waals surface area (Å²) < 4.78 is 11.8. The lowest BCUT2D eigenvalue weighted by Crippen LogP contribution is -2.30. The first-order chi connectivity index (χ1) is 14.2. The number of para-hydroxylation sites is 1. The fraction of sp³-hybridized carbons (Fsp3) is 0.240. The van der Waals surface area contributed by atoms with Crippen molar-refractivity contribution in [3.8, 4) is 17.2 Å². The van der Waals surface area contributed by atoms with Crippen molar-refractivity contribution in [3.63, 3.8) is 0 Å². The number of aryl methyl sites for hydroxylation is 1. The quantitative estimate of drug-likeness (QED) is 0.585. The number of hydrogen-bond donors (Lipinski definition) is 1. The average molecular weight is 387 g/mol. The number of rotatable bonds is 6. The minimum atomic E-state index is -0.580. The van der Waals surface area contributed by atoms with E-state index in [0.717, 1.165) is 30.1 Å². The highest BCUT2D eigenvalue weighted by molar-refractivity contribution is 5.94. The van der Waals surface area contributed by atoms with E-state index in [1.165, 1.54) is 24.0 Å². The first-order valence-corrected chi connectivity index (χ1v) is 10.1. The molecule has 0 saturated heterocycles. The molecule has 0 heterocycles. The Labute approximate surface area is 171 Å². The van der Waals surface area contributed by atoms with Gasteiger partial charge in [-0.1, -0.05) is 30.3 Å². The molecule has 0 spiro atoms. The molecule has 1 unspecified atom stereocenters. The van der Waals surface area contributed by atoms with E-state index in [1.807, 2.05) is 66.7 Å². The standard InChI is InChI=1S/C25H25NO3/c1-18(28-24-13-7-9-19-8-5-6-12-23(19)24)25(27)26-20-14-16-22(17-15-20)29-21-10-3-2-4-11-21/h2-4,7,9-11,13-18H,5-6,8,12H2,1H3,(H,26,27). The van der Waals surface area contributed by atoms with Crippen LogP contribution in [0.15, 0.2) is 72.8 Å². The minimum absolute atomic E-state index is 0.171. The number of benzene rings is 3. The molecule has 0 aromatic heterocycles. The Hall–Kier alpha value is -3.27. The van der Waals surface area contributed by atoms with Gasteiger partial charge in [-0.3, -0.25) is 4.79 Å². The molecule has 0 radical (unpaired) electrons. The Bertz CT molecular complexity index is 967. The number of anilines is 1. The molecule has 3 aromatic rings. The van der Waals surface area contributed by atoms with Gasteiger partial charge in [0.1, 0.15) is 17.2 Å². The van der Waals surface area contributed by atoms with Gasteiger partial charge in [0, 0.05) is 5.69 Å². The molecule has 1 amide bonds. The zero-order valence-electron chi connectivity index (χ0n) is 16.6. The summed E-state index contributed by atoms with van der Waals surface area (Å²) >= 11 is 0. The summed E-state index contributed by atoms with van der Waals surface area (Å²) in [5, 5.41) is 2.91. The van der Waals surface area contributed by atoms with E-state index < -0.39 is 6.10 Å². The van der Waals surface area contributed by atoms with Crippen LogP contribution < -0.4 is 14.8 Å². The van der Waals surface area contributed by atoms with Gasteiger partial charge in [0.15, 0.2) is 6.10 Å². The van der Waals surface area contributed by atoms with Gasteiger partial charge in [-0.05, 0) is 86.2 Å². The van der Waals surface area contributed by atoms with E-state index in [2.05, 4.69) is 11.4 Å². The lowest BCUT2D eigenvalue weighted by molar-refractivity contribution is -0.122. The van der Waals surface area contributed by atoms with E-state index >= 15 is 0 Å². The Balaban J connectivity index is 1.36. The largest absolute Gasteiger partial charge is 0.481 e. The highest BCUT2D eigenvalue weighted by Gasteiger charge is 2.19. The summed E-state index contributed by atoms with van der Waals surface area (Å²) in [7, 11) is 0. The Kier molecular flexibility index (Phi) is 5.80. The molecule has 1 aliphatic rings. The van der Waals surface area contributed by atoms with Crippen molar-refractivity contribution < 1.29 is 14.3 Å². The summed E-state index contributed by atoms with van der Waals surface area (Å²) in [6.45, 7) is 1.78. The second kappa shape index (κ2) is 8.82. The normalized spacial score (nSPS) is 13.8. The monoisotopic (exact) mass is 387 g/mol. The van der Waals surface area contributed by atoms with E-state index in [9.17, 15) is 4.79 Å². The lowest BCUT2D eigenvalue weighted by atomic mass is 9.91. The molecular weight excluding hydrogens is 362 g/mol. The minimum Gasteiger partial charge on any atom is -0.481 e. The molecule has 1 aliphatic carbocycles. The third kappa shape index (κ3) is 4.77. The maximum absolute atomic E-state index is 12.6. The SMILES string of the molecule is CC(Oc1cccc2c1CCCC2)C(=O)Nc1ccc(Oc2ccccc2)cc1. The average Bonchev–Trinajstić information content (AvgIpc) is 2.76. The van der Waals surface area contributed by atoms with Crippen LogP contribution in [-0.2, 0) is 17.6 Å². The molecule has 0 saturated carbocycles. The van der Waals surface area contributed by atoms with Crippen LogP contribution in [0.25, 0.3) is 0 Å². The van der Waals surface area contributed by atoms with Gasteiger partial charge in [0.05, 0.1) is 0 Å². The van der Waals surface area contributed by atoms with Crippen LogP contribution in [0.1, 0.15) is 30.9 Å². The van der Waals surface area contributed by atoms with Gasteiger partial charge < -0.3 is 14.8 Å². The van der Waals surface area contributed by atoms with Crippen LogP contribution in [0.5, 0.6) is 17.2 Å². The number of carbonyl (C=O) groups is 1. The predicted molar refractivity (Wildman–Crippen MR) is 115 cm³/mol. The van der Waals surface area contributed by atoms with E-state index in [-0.39, 0.29) is 5.91 Å². The van der Waals surface area contributed by atoms with Gasteiger partial charge >= 0.3 is 0 Å². The summed E-state index contributed by atoms with van der Waals surface area (Å²) in [5.74, 6) is 2.15. The first-order valence-electron chi connectivity index (χ1n) is 10.1. The summed E-state index contributed by atoms with van der Waals surface area (Å²) in [5.41, 5.74) is 3.30. The molecule has 1 N–H and O–H groups in total. The number of fused-ring (bicyclic) bond motifs is 1. The molecule has 0 bridgehead atoms. The second-order valence-electron chi connectivity index (χ2n) is 7.29. The number of ether oxygens (including phenoxy) is 2. The number of carbonyl (C=O) groups excluding carboxylic acids is 1. The van der Waals surface area contributed by atoms with Crippen LogP contribution in [0.4, 0.5) is 5.69 Å². The van der Waals surface area contributed by atoms with Crippen LogP contribution >= 0.6 is 0 Å². The molecular formula is C25H25NO3. The van der Waals surface area contributed by atoms with Crippen LogP contribution in [0.3, 0.4) is 0 Å². The zero-order chi connectivity index (χ0) is 20.1. The molecule has 0 fully saturated rings. The fourth-order valence-electron chi connectivity index (χ4n) is 3.58. The van der Waals surface area contributed by atoms with Crippen molar-refractivity contribution in [1.82, 2.24) is 0 Å². The van der Waals surface area contributed by atoms with Crippen LogP contribution in [0.2, 0.25) is 0 Å². The summed E-state index contributed by atoms with van der Waals surface area (Å²) in [6.07, 6.45) is 3.92. The van der Waals surface area contributed by atoms with E-state index in [1.54, 1.807) is 6.92 Å². The van der Waals surface area contributed by atoms with E-state index in [0.29, 0.717) is 5.69 Å². The van der Waals surface area contributed by atoms with Gasteiger partial charge in [0.25, 0.3) is 5.91 Å². The Morgan fingerprint density at radius 1 is 0.862 bits per heavy atom. The predicted octanol–water partition coefficient (Wildman–Crippen LogP) is 5.76. The van der Waals surface area contributed by atoms with Crippen molar-refractivity contribution in [2.75, 3.05) is 5.32 Å². The number of nitrogens with one attached hydrogen (secondary N) is 1. The topological polar surface area (TPSA) is 47.6 Å². The molecule has 3 aromatic carbocycles. The van der Waals surface area contributed by atoms with Crippen molar-refractivity contribution in [3.05, 3.63) is 83.9 Å². The molecule has 0 aliphatic heterocycles. The zero-order valence-corrected chi connectivity index (χ0v) is 16.6. The van der Waals surface area contributed by atoms with Gasteiger partial charge in [-0.15, -0.1) is 0 Å². The Morgan fingerprint density at radius 2 is 1.59 bits per heavy atom. The third-order valence-electron chi connectivity index (χ3n) is 5.13. The molecule has 4 heteroatoms.